The number of fused-ring (bicyclic) bond motifs is 2. The highest BCUT2D eigenvalue weighted by molar-refractivity contribution is 5.89. The predicted octanol–water partition coefficient (Wildman–Crippen LogP) is 3.79. The molecule has 1 saturated carbocycles. The molecule has 0 radical (unpaired) electrons. The normalized spacial score (nSPS) is 17.2. The van der Waals surface area contributed by atoms with Crippen LogP contribution in [0.5, 0.6) is 0 Å². The van der Waals surface area contributed by atoms with Crippen molar-refractivity contribution in [3.8, 4) is 0 Å². The van der Waals surface area contributed by atoms with Crippen LogP contribution in [0.4, 0.5) is 0 Å². The van der Waals surface area contributed by atoms with Crippen molar-refractivity contribution in [3.63, 3.8) is 0 Å². The van der Waals surface area contributed by atoms with Crippen LogP contribution in [0.25, 0.3) is 16.9 Å². The van der Waals surface area contributed by atoms with E-state index >= 15 is 0 Å². The molecule has 1 atom stereocenters. The quantitative estimate of drug-likeness (QED) is 0.643. The van der Waals surface area contributed by atoms with E-state index in [0.29, 0.717) is 24.7 Å². The number of amides is 1. The van der Waals surface area contributed by atoms with Crippen LogP contribution in [0, 0.1) is 5.41 Å². The van der Waals surface area contributed by atoms with Gasteiger partial charge in [-0.15, -0.1) is 0 Å². The molecule has 0 saturated heterocycles. The molecule has 32 heavy (non-hydrogen) atoms. The lowest BCUT2D eigenvalue weighted by atomic mass is 9.85. The summed E-state index contributed by atoms with van der Waals surface area (Å²) in [5.41, 5.74) is 6.05. The fourth-order valence-electron chi connectivity index (χ4n) is 4.35. The summed E-state index contributed by atoms with van der Waals surface area (Å²) in [5.74, 6) is 0.606. The third-order valence-electron chi connectivity index (χ3n) is 6.43. The monoisotopic (exact) mass is 430 g/mol. The number of nitrogens with one attached hydrogen (secondary N) is 2. The van der Waals surface area contributed by atoms with Crippen LogP contribution in [0.2, 0.25) is 0 Å². The number of carbonyl (C=O) groups is 1. The third-order valence-corrected chi connectivity index (χ3v) is 6.43. The molecule has 2 aliphatic rings. The minimum Gasteiger partial charge on any atom is -0.373 e. The van der Waals surface area contributed by atoms with Gasteiger partial charge in [0.25, 0.3) is 0 Å². The summed E-state index contributed by atoms with van der Waals surface area (Å²) in [7, 11) is 0. The molecule has 0 aromatic carbocycles. The van der Waals surface area contributed by atoms with E-state index in [1.165, 1.54) is 12.8 Å². The second-order valence-electron chi connectivity index (χ2n) is 10.0. The maximum absolute atomic E-state index is 13.6. The molecule has 2 N–H and O–H groups in total. The molecule has 7 heteroatoms. The minimum atomic E-state index is -0.419. The van der Waals surface area contributed by atoms with Crippen molar-refractivity contribution in [1.82, 2.24) is 30.2 Å². The lowest BCUT2D eigenvalue weighted by molar-refractivity contribution is -0.136. The van der Waals surface area contributed by atoms with Crippen molar-refractivity contribution in [1.29, 1.82) is 0 Å². The third kappa shape index (κ3) is 3.87. The number of aromatic nitrogens is 4. The zero-order valence-corrected chi connectivity index (χ0v) is 19.0. The van der Waals surface area contributed by atoms with Gasteiger partial charge in [-0.2, -0.15) is 0 Å². The van der Waals surface area contributed by atoms with E-state index in [4.69, 9.17) is 4.98 Å². The van der Waals surface area contributed by atoms with Crippen LogP contribution in [0.3, 0.4) is 0 Å². The molecule has 3 aromatic heterocycles. The highest BCUT2D eigenvalue weighted by Gasteiger charge is 2.36. The number of carbonyl (C=O) groups excluding carboxylic acids is 1. The summed E-state index contributed by atoms with van der Waals surface area (Å²) in [5, 5.41) is 3.45. The zero-order chi connectivity index (χ0) is 22.5. The first-order chi connectivity index (χ1) is 15.3. The number of H-pyrrole nitrogens is 1. The highest BCUT2D eigenvalue weighted by atomic mass is 16.2. The Morgan fingerprint density at radius 2 is 2.12 bits per heavy atom. The Labute approximate surface area is 188 Å². The number of rotatable bonds is 5. The van der Waals surface area contributed by atoms with E-state index < -0.39 is 6.04 Å². The van der Waals surface area contributed by atoms with Gasteiger partial charge in [0.1, 0.15) is 11.6 Å². The molecule has 1 aliphatic carbocycles. The van der Waals surface area contributed by atoms with E-state index in [2.05, 4.69) is 53.7 Å². The maximum Gasteiger partial charge on any atom is 0.245 e. The molecule has 0 bridgehead atoms. The number of hydrogen-bond acceptors (Lipinski definition) is 5. The summed E-state index contributed by atoms with van der Waals surface area (Å²) in [6, 6.07) is 3.57. The maximum atomic E-state index is 13.6. The second-order valence-corrected chi connectivity index (χ2v) is 10.0. The second kappa shape index (κ2) is 7.73. The topological polar surface area (TPSA) is 86.8 Å². The van der Waals surface area contributed by atoms with Gasteiger partial charge in [-0.05, 0) is 29.9 Å². The molecule has 0 spiro atoms. The summed E-state index contributed by atoms with van der Waals surface area (Å²) < 4.78 is 0. The fraction of sp³-hybridized carbons (Fsp3) is 0.440. The van der Waals surface area contributed by atoms with Crippen molar-refractivity contribution in [2.24, 2.45) is 5.41 Å². The first-order valence-electron chi connectivity index (χ1n) is 11.3. The van der Waals surface area contributed by atoms with Gasteiger partial charge in [-0.1, -0.05) is 33.4 Å². The fourth-order valence-corrected chi connectivity index (χ4v) is 4.35. The summed E-state index contributed by atoms with van der Waals surface area (Å²) in [6.45, 7) is 11.8. The Bertz CT molecular complexity index is 1190. The van der Waals surface area contributed by atoms with Gasteiger partial charge in [0.15, 0.2) is 5.65 Å². The first kappa shape index (κ1) is 20.7. The van der Waals surface area contributed by atoms with E-state index in [1.807, 2.05) is 29.6 Å². The molecule has 4 heterocycles. The Hall–Kier alpha value is -3.22. The summed E-state index contributed by atoms with van der Waals surface area (Å²) in [6.07, 6.45) is 8.69. The van der Waals surface area contributed by atoms with Crippen LogP contribution in [-0.4, -0.2) is 43.3 Å². The van der Waals surface area contributed by atoms with Crippen LogP contribution in [0.15, 0.2) is 37.3 Å². The van der Waals surface area contributed by atoms with Crippen LogP contribution in [-0.2, 0) is 17.8 Å². The lowest BCUT2D eigenvalue weighted by Crippen LogP contribution is -2.53. The highest BCUT2D eigenvalue weighted by Crippen LogP contribution is 2.39. The van der Waals surface area contributed by atoms with Gasteiger partial charge < -0.3 is 15.2 Å². The molecule has 3 aromatic rings. The van der Waals surface area contributed by atoms with Crippen molar-refractivity contribution >= 4 is 22.8 Å². The van der Waals surface area contributed by atoms with Crippen molar-refractivity contribution < 1.29 is 4.79 Å². The average Bonchev–Trinajstić information content (AvgIpc) is 3.54. The Morgan fingerprint density at radius 1 is 1.31 bits per heavy atom. The SMILES string of the molecule is C=C(N[C@@H](C(=O)N1CCc2ncccc2C1)C(C)(C)C)c1c[nH]c2ncc(C3CC3)nc12. The van der Waals surface area contributed by atoms with Gasteiger partial charge in [0.05, 0.1) is 11.9 Å². The van der Waals surface area contributed by atoms with E-state index in [0.717, 1.165) is 40.1 Å². The molecule has 7 nitrogen and oxygen atoms in total. The molecular weight excluding hydrogens is 400 g/mol. The predicted molar refractivity (Wildman–Crippen MR) is 125 cm³/mol. The van der Waals surface area contributed by atoms with Crippen LogP contribution < -0.4 is 5.32 Å². The molecule has 0 unspecified atom stereocenters. The van der Waals surface area contributed by atoms with Gasteiger partial charge >= 0.3 is 0 Å². The van der Waals surface area contributed by atoms with Crippen molar-refractivity contribution in [2.45, 2.75) is 58.5 Å². The van der Waals surface area contributed by atoms with E-state index in [-0.39, 0.29) is 11.3 Å². The average molecular weight is 431 g/mol. The smallest absolute Gasteiger partial charge is 0.245 e. The Kier molecular flexibility index (Phi) is 4.99. The molecule has 1 fully saturated rings. The van der Waals surface area contributed by atoms with E-state index in [1.54, 1.807) is 0 Å². The van der Waals surface area contributed by atoms with Crippen LogP contribution >= 0.6 is 0 Å². The molecule has 1 aliphatic heterocycles. The molecule has 166 valence electrons. The Balaban J connectivity index is 1.39. The van der Waals surface area contributed by atoms with E-state index in [9.17, 15) is 4.79 Å². The zero-order valence-electron chi connectivity index (χ0n) is 19.0. The largest absolute Gasteiger partial charge is 0.373 e. The minimum absolute atomic E-state index is 0.0812. The number of pyridine rings is 1. The number of aromatic amines is 1. The van der Waals surface area contributed by atoms with Crippen LogP contribution in [0.1, 0.15) is 62.0 Å². The van der Waals surface area contributed by atoms with Gasteiger partial charge in [-0.3, -0.25) is 9.78 Å². The lowest BCUT2D eigenvalue weighted by Gasteiger charge is -2.37. The Morgan fingerprint density at radius 3 is 2.88 bits per heavy atom. The number of hydrogen-bond donors (Lipinski definition) is 2. The van der Waals surface area contributed by atoms with Crippen molar-refractivity contribution in [2.75, 3.05) is 6.54 Å². The standard InChI is InChI=1S/C25H30N6O/c1-15(18-12-27-23-21(18)30-20(13-28-23)16-7-8-16)29-22(25(2,3)4)24(32)31-11-9-19-17(14-31)6-5-10-26-19/h5-6,10,12-13,16,22,29H,1,7-9,11,14H2,2-4H3,(H,27,28)/t22-/m0/s1. The molecule has 1 amide bonds. The first-order valence-corrected chi connectivity index (χ1v) is 11.3. The van der Waals surface area contributed by atoms with Gasteiger partial charge in [0, 0.05) is 54.8 Å². The summed E-state index contributed by atoms with van der Waals surface area (Å²) in [4.78, 5) is 32.6. The van der Waals surface area contributed by atoms with Gasteiger partial charge in [-0.25, -0.2) is 9.97 Å². The molecular formula is C25H30N6O. The van der Waals surface area contributed by atoms with Crippen molar-refractivity contribution in [3.05, 3.63) is 59.8 Å². The van der Waals surface area contributed by atoms with Gasteiger partial charge in [0.2, 0.25) is 5.91 Å². The summed E-state index contributed by atoms with van der Waals surface area (Å²) >= 11 is 0. The number of nitrogens with zero attached hydrogens (tertiary/aromatic N) is 4. The molecule has 5 rings (SSSR count).